The first kappa shape index (κ1) is 12.2. The zero-order valence-corrected chi connectivity index (χ0v) is 10.7. The molecule has 0 aliphatic carbocycles. The van der Waals surface area contributed by atoms with Crippen LogP contribution < -0.4 is 11.1 Å². The Balaban J connectivity index is 2.09. The molecule has 0 aromatic carbocycles. The standard InChI is InChI=1S/C10H24N2OSi/c1-14(2,3)5-4-13-9-10(6-11)7-12-8-10/h12H,4-9,11H2,1-3H3. The second kappa shape index (κ2) is 4.75. The Hall–Kier alpha value is 0.0969. The van der Waals surface area contributed by atoms with Gasteiger partial charge in [-0.15, -0.1) is 0 Å². The molecule has 3 N–H and O–H groups in total. The van der Waals surface area contributed by atoms with Crippen molar-refractivity contribution in [2.24, 2.45) is 11.1 Å². The molecule has 4 heteroatoms. The largest absolute Gasteiger partial charge is 0.381 e. The third kappa shape index (κ3) is 3.69. The maximum absolute atomic E-state index is 5.73. The van der Waals surface area contributed by atoms with Gasteiger partial charge in [-0.1, -0.05) is 19.6 Å². The monoisotopic (exact) mass is 216 g/mol. The normalized spacial score (nSPS) is 20.6. The molecule has 0 amide bonds. The summed E-state index contributed by atoms with van der Waals surface area (Å²) in [6.07, 6.45) is 0. The van der Waals surface area contributed by atoms with Gasteiger partial charge in [0.05, 0.1) is 6.61 Å². The molecule has 0 radical (unpaired) electrons. The van der Waals surface area contributed by atoms with Crippen molar-refractivity contribution in [3.05, 3.63) is 0 Å². The van der Waals surface area contributed by atoms with Gasteiger partial charge in [-0.05, 0) is 6.04 Å². The summed E-state index contributed by atoms with van der Waals surface area (Å²) >= 11 is 0. The highest BCUT2D eigenvalue weighted by molar-refractivity contribution is 6.76. The van der Waals surface area contributed by atoms with Crippen molar-refractivity contribution in [2.45, 2.75) is 25.7 Å². The third-order valence-electron chi connectivity index (χ3n) is 2.84. The molecule has 3 nitrogen and oxygen atoms in total. The van der Waals surface area contributed by atoms with Gasteiger partial charge < -0.3 is 15.8 Å². The van der Waals surface area contributed by atoms with Gasteiger partial charge >= 0.3 is 0 Å². The molecule has 0 saturated carbocycles. The van der Waals surface area contributed by atoms with E-state index in [4.69, 9.17) is 10.5 Å². The number of hydrogen-bond donors (Lipinski definition) is 2. The van der Waals surface area contributed by atoms with Crippen molar-refractivity contribution in [1.82, 2.24) is 5.32 Å². The van der Waals surface area contributed by atoms with Crippen LogP contribution in [-0.4, -0.2) is 40.9 Å². The summed E-state index contributed by atoms with van der Waals surface area (Å²) in [5.74, 6) is 0. The van der Waals surface area contributed by atoms with E-state index in [0.29, 0.717) is 0 Å². The van der Waals surface area contributed by atoms with Crippen molar-refractivity contribution in [2.75, 3.05) is 32.8 Å². The van der Waals surface area contributed by atoms with Crippen LogP contribution in [0.1, 0.15) is 0 Å². The molecule has 1 saturated heterocycles. The first-order chi connectivity index (χ1) is 6.47. The maximum Gasteiger partial charge on any atom is 0.0558 e. The second-order valence-electron chi connectivity index (χ2n) is 5.67. The average Bonchev–Trinajstić information content (AvgIpc) is 2.00. The van der Waals surface area contributed by atoms with E-state index in [1.807, 2.05) is 0 Å². The summed E-state index contributed by atoms with van der Waals surface area (Å²) < 4.78 is 5.72. The van der Waals surface area contributed by atoms with E-state index in [2.05, 4.69) is 25.0 Å². The van der Waals surface area contributed by atoms with E-state index >= 15 is 0 Å². The minimum absolute atomic E-state index is 0.249. The van der Waals surface area contributed by atoms with Crippen LogP contribution in [0.25, 0.3) is 0 Å². The van der Waals surface area contributed by atoms with Gasteiger partial charge in [0.2, 0.25) is 0 Å². The zero-order chi connectivity index (χ0) is 10.7. The third-order valence-corrected chi connectivity index (χ3v) is 4.54. The number of ether oxygens (including phenoxy) is 1. The lowest BCUT2D eigenvalue weighted by atomic mass is 9.83. The molecule has 0 aromatic heterocycles. The quantitative estimate of drug-likeness (QED) is 0.512. The summed E-state index contributed by atoms with van der Waals surface area (Å²) in [7, 11) is -0.928. The summed E-state index contributed by atoms with van der Waals surface area (Å²) in [6.45, 7) is 11.7. The summed E-state index contributed by atoms with van der Waals surface area (Å²) in [4.78, 5) is 0. The van der Waals surface area contributed by atoms with Crippen molar-refractivity contribution < 1.29 is 4.74 Å². The van der Waals surface area contributed by atoms with Crippen LogP contribution in [-0.2, 0) is 4.74 Å². The molecule has 1 rings (SSSR count). The minimum Gasteiger partial charge on any atom is -0.381 e. The molecule has 0 unspecified atom stereocenters. The van der Waals surface area contributed by atoms with Crippen LogP contribution in [0.2, 0.25) is 25.7 Å². The Bertz CT molecular complexity index is 170. The number of rotatable bonds is 6. The van der Waals surface area contributed by atoms with Crippen LogP contribution in [0.3, 0.4) is 0 Å². The molecule has 84 valence electrons. The van der Waals surface area contributed by atoms with Crippen LogP contribution in [0.15, 0.2) is 0 Å². The van der Waals surface area contributed by atoms with Crippen molar-refractivity contribution in [1.29, 1.82) is 0 Å². The maximum atomic E-state index is 5.73. The summed E-state index contributed by atoms with van der Waals surface area (Å²) in [5.41, 5.74) is 5.97. The van der Waals surface area contributed by atoms with Crippen LogP contribution in [0, 0.1) is 5.41 Å². The Morgan fingerprint density at radius 2 is 2.00 bits per heavy atom. The Morgan fingerprint density at radius 1 is 1.36 bits per heavy atom. The van der Waals surface area contributed by atoms with Gasteiger partial charge in [-0.3, -0.25) is 0 Å². The lowest BCUT2D eigenvalue weighted by Gasteiger charge is -2.41. The lowest BCUT2D eigenvalue weighted by molar-refractivity contribution is 0.0218. The van der Waals surface area contributed by atoms with E-state index in [9.17, 15) is 0 Å². The van der Waals surface area contributed by atoms with Gasteiger partial charge in [0, 0.05) is 39.7 Å². The molecule has 1 heterocycles. The van der Waals surface area contributed by atoms with Gasteiger partial charge in [0.15, 0.2) is 0 Å². The van der Waals surface area contributed by atoms with E-state index in [0.717, 1.165) is 32.8 Å². The highest BCUT2D eigenvalue weighted by Crippen LogP contribution is 2.21. The van der Waals surface area contributed by atoms with Gasteiger partial charge in [-0.25, -0.2) is 0 Å². The van der Waals surface area contributed by atoms with Crippen LogP contribution >= 0.6 is 0 Å². The number of nitrogens with two attached hydrogens (primary N) is 1. The molecule has 14 heavy (non-hydrogen) atoms. The molecule has 1 aliphatic heterocycles. The zero-order valence-electron chi connectivity index (χ0n) is 9.73. The second-order valence-corrected chi connectivity index (χ2v) is 11.3. The minimum atomic E-state index is -0.928. The smallest absolute Gasteiger partial charge is 0.0558 e. The molecular formula is C10H24N2OSi. The lowest BCUT2D eigenvalue weighted by Crippen LogP contribution is -2.60. The molecule has 1 aliphatic rings. The highest BCUT2D eigenvalue weighted by atomic mass is 28.3. The summed E-state index contributed by atoms with van der Waals surface area (Å²) in [5, 5.41) is 3.26. The van der Waals surface area contributed by atoms with E-state index in [1.54, 1.807) is 0 Å². The fourth-order valence-corrected chi connectivity index (χ4v) is 2.21. The molecule has 0 aromatic rings. The Morgan fingerprint density at radius 3 is 2.36 bits per heavy atom. The fraction of sp³-hybridized carbons (Fsp3) is 1.00. The van der Waals surface area contributed by atoms with Crippen LogP contribution in [0.4, 0.5) is 0 Å². The van der Waals surface area contributed by atoms with E-state index < -0.39 is 8.07 Å². The van der Waals surface area contributed by atoms with Crippen molar-refractivity contribution in [3.8, 4) is 0 Å². The molecule has 0 atom stereocenters. The molecule has 0 bridgehead atoms. The highest BCUT2D eigenvalue weighted by Gasteiger charge is 2.35. The van der Waals surface area contributed by atoms with Gasteiger partial charge in [0.25, 0.3) is 0 Å². The van der Waals surface area contributed by atoms with E-state index in [1.165, 1.54) is 6.04 Å². The first-order valence-electron chi connectivity index (χ1n) is 5.46. The van der Waals surface area contributed by atoms with Crippen molar-refractivity contribution in [3.63, 3.8) is 0 Å². The van der Waals surface area contributed by atoms with Gasteiger partial charge in [-0.2, -0.15) is 0 Å². The Labute approximate surface area is 88.4 Å². The Kier molecular flexibility index (Phi) is 4.12. The molecular weight excluding hydrogens is 192 g/mol. The topological polar surface area (TPSA) is 47.3 Å². The molecule has 1 fully saturated rings. The number of hydrogen-bond acceptors (Lipinski definition) is 3. The first-order valence-corrected chi connectivity index (χ1v) is 9.17. The van der Waals surface area contributed by atoms with Gasteiger partial charge in [0.1, 0.15) is 0 Å². The predicted molar refractivity (Wildman–Crippen MR) is 63.3 cm³/mol. The van der Waals surface area contributed by atoms with Crippen molar-refractivity contribution >= 4 is 8.07 Å². The SMILES string of the molecule is C[Si](C)(C)CCOCC1(CN)CNC1. The summed E-state index contributed by atoms with van der Waals surface area (Å²) in [6, 6.07) is 1.25. The average molecular weight is 216 g/mol. The van der Waals surface area contributed by atoms with Crippen LogP contribution in [0.5, 0.6) is 0 Å². The number of nitrogens with one attached hydrogen (secondary N) is 1. The fourth-order valence-electron chi connectivity index (χ4n) is 1.45. The predicted octanol–water partition coefficient (Wildman–Crippen LogP) is 0.890. The van der Waals surface area contributed by atoms with E-state index in [-0.39, 0.29) is 5.41 Å². The molecule has 0 spiro atoms.